The average molecular weight is 247 g/mol. The van der Waals surface area contributed by atoms with E-state index in [2.05, 4.69) is 23.2 Å². The van der Waals surface area contributed by atoms with Gasteiger partial charge in [0.2, 0.25) is 0 Å². The molecule has 0 radical (unpaired) electrons. The van der Waals surface area contributed by atoms with Gasteiger partial charge in [-0.05, 0) is 44.1 Å². The van der Waals surface area contributed by atoms with Gasteiger partial charge >= 0.3 is 0 Å². The third kappa shape index (κ3) is 4.12. The molecule has 2 N–H and O–H groups in total. The van der Waals surface area contributed by atoms with Gasteiger partial charge in [0, 0.05) is 13.8 Å². The molecule has 1 heterocycles. The van der Waals surface area contributed by atoms with E-state index in [9.17, 15) is 0 Å². The van der Waals surface area contributed by atoms with E-state index in [1.54, 1.807) is 0 Å². The topological polar surface area (TPSA) is 62.2 Å². The molecule has 18 heavy (non-hydrogen) atoms. The SMILES string of the molecule is CC.N#CC1(N)CCC(CC2=CC=NC=CC2)C1.[HH]. The second-order valence-corrected chi connectivity index (χ2v) is 4.79. The largest absolute Gasteiger partial charge is 0.313 e. The lowest BCUT2D eigenvalue weighted by atomic mass is 9.93. The molecule has 0 aromatic carbocycles. The van der Waals surface area contributed by atoms with E-state index in [-0.39, 0.29) is 1.43 Å². The van der Waals surface area contributed by atoms with E-state index < -0.39 is 5.54 Å². The highest BCUT2D eigenvalue weighted by Crippen LogP contribution is 2.36. The van der Waals surface area contributed by atoms with Crippen molar-refractivity contribution in [2.45, 2.75) is 51.5 Å². The highest BCUT2D eigenvalue weighted by molar-refractivity contribution is 5.73. The van der Waals surface area contributed by atoms with Crippen molar-refractivity contribution in [3.63, 3.8) is 0 Å². The average Bonchev–Trinajstić information content (AvgIpc) is 2.62. The molecule has 0 aromatic heterocycles. The summed E-state index contributed by atoms with van der Waals surface area (Å²) < 4.78 is 0. The van der Waals surface area contributed by atoms with Crippen LogP contribution >= 0.6 is 0 Å². The van der Waals surface area contributed by atoms with E-state index >= 15 is 0 Å². The van der Waals surface area contributed by atoms with Gasteiger partial charge in [0.15, 0.2) is 0 Å². The van der Waals surface area contributed by atoms with Crippen LogP contribution in [0.2, 0.25) is 0 Å². The van der Waals surface area contributed by atoms with Gasteiger partial charge in [-0.25, -0.2) is 0 Å². The summed E-state index contributed by atoms with van der Waals surface area (Å²) in [6, 6.07) is 2.24. The standard InChI is InChI=1S/C13H17N3.C2H6.H2/c14-10-13(15)5-3-12(9-13)8-11-2-1-6-16-7-4-11;1-2;/h1,4,6-7,12H,2-3,5,8-9,15H2;1-2H3;1H. The zero-order valence-electron chi connectivity index (χ0n) is 11.4. The van der Waals surface area contributed by atoms with E-state index in [1.165, 1.54) is 5.57 Å². The summed E-state index contributed by atoms with van der Waals surface area (Å²) >= 11 is 0. The highest BCUT2D eigenvalue weighted by atomic mass is 14.8. The van der Waals surface area contributed by atoms with Crippen LogP contribution in [0.15, 0.2) is 28.9 Å². The van der Waals surface area contributed by atoms with Crippen molar-refractivity contribution in [2.75, 3.05) is 0 Å². The minimum absolute atomic E-state index is 0. The molecule has 0 spiro atoms. The van der Waals surface area contributed by atoms with Crippen LogP contribution in [0.5, 0.6) is 0 Å². The molecular weight excluding hydrogens is 222 g/mol. The Hall–Kier alpha value is -1.40. The number of nitriles is 1. The molecule has 0 bridgehead atoms. The van der Waals surface area contributed by atoms with Gasteiger partial charge in [0.1, 0.15) is 5.54 Å². The minimum atomic E-state index is -0.570. The van der Waals surface area contributed by atoms with Gasteiger partial charge in [-0.3, -0.25) is 4.99 Å². The van der Waals surface area contributed by atoms with Crippen LogP contribution in [0.1, 0.15) is 47.4 Å². The molecule has 1 aliphatic heterocycles. The Balaban J connectivity index is 0.00000103. The predicted molar refractivity (Wildman–Crippen MR) is 78.3 cm³/mol. The first kappa shape index (κ1) is 14.7. The van der Waals surface area contributed by atoms with Crippen LogP contribution in [-0.4, -0.2) is 11.8 Å². The molecule has 100 valence electrons. The fraction of sp³-hybridized carbons (Fsp3) is 0.600. The summed E-state index contributed by atoms with van der Waals surface area (Å²) in [5, 5.41) is 8.97. The Bertz CT molecular complexity index is 393. The lowest BCUT2D eigenvalue weighted by Crippen LogP contribution is -2.34. The Morgan fingerprint density at radius 2 is 2.39 bits per heavy atom. The van der Waals surface area contributed by atoms with E-state index in [0.29, 0.717) is 5.92 Å². The Morgan fingerprint density at radius 3 is 3.06 bits per heavy atom. The quantitative estimate of drug-likeness (QED) is 0.810. The number of nitrogens with two attached hydrogens (primary N) is 1. The van der Waals surface area contributed by atoms with Crippen molar-refractivity contribution in [1.29, 1.82) is 5.26 Å². The smallest absolute Gasteiger partial charge is 0.104 e. The van der Waals surface area contributed by atoms with E-state index in [0.717, 1.165) is 32.1 Å². The van der Waals surface area contributed by atoms with Crippen molar-refractivity contribution in [1.82, 2.24) is 0 Å². The van der Waals surface area contributed by atoms with Gasteiger partial charge in [-0.15, -0.1) is 0 Å². The summed E-state index contributed by atoms with van der Waals surface area (Å²) in [6.07, 6.45) is 12.6. The van der Waals surface area contributed by atoms with Crippen LogP contribution in [0.25, 0.3) is 0 Å². The third-order valence-electron chi connectivity index (χ3n) is 3.39. The van der Waals surface area contributed by atoms with Crippen molar-refractivity contribution in [3.8, 4) is 6.07 Å². The van der Waals surface area contributed by atoms with Crippen molar-refractivity contribution < 1.29 is 1.43 Å². The van der Waals surface area contributed by atoms with Gasteiger partial charge in [-0.2, -0.15) is 5.26 Å². The molecular formula is C15H25N3. The second-order valence-electron chi connectivity index (χ2n) is 4.79. The summed E-state index contributed by atoms with van der Waals surface area (Å²) in [4.78, 5) is 4.08. The lowest BCUT2D eigenvalue weighted by Gasteiger charge is -2.15. The molecule has 2 unspecified atom stereocenters. The van der Waals surface area contributed by atoms with Crippen molar-refractivity contribution >= 4 is 6.21 Å². The molecule has 1 saturated carbocycles. The van der Waals surface area contributed by atoms with E-state index in [1.807, 2.05) is 26.3 Å². The number of hydrogen-bond donors (Lipinski definition) is 1. The van der Waals surface area contributed by atoms with Crippen LogP contribution < -0.4 is 5.73 Å². The minimum Gasteiger partial charge on any atom is -0.313 e. The lowest BCUT2D eigenvalue weighted by molar-refractivity contribution is 0.493. The first-order valence-electron chi connectivity index (χ1n) is 6.78. The number of allylic oxidation sites excluding steroid dienone is 3. The third-order valence-corrected chi connectivity index (χ3v) is 3.39. The normalized spacial score (nSPS) is 29.9. The highest BCUT2D eigenvalue weighted by Gasteiger charge is 2.35. The van der Waals surface area contributed by atoms with Crippen LogP contribution in [0.4, 0.5) is 0 Å². The number of rotatable bonds is 2. The summed E-state index contributed by atoms with van der Waals surface area (Å²) in [7, 11) is 0. The summed E-state index contributed by atoms with van der Waals surface area (Å²) in [5.41, 5.74) is 6.79. The Labute approximate surface area is 112 Å². The molecule has 1 fully saturated rings. The van der Waals surface area contributed by atoms with Crippen LogP contribution in [0.3, 0.4) is 0 Å². The number of aliphatic imine (C=N–C) groups is 1. The Kier molecular flexibility index (Phi) is 5.80. The van der Waals surface area contributed by atoms with Gasteiger partial charge in [0.25, 0.3) is 0 Å². The van der Waals surface area contributed by atoms with Gasteiger partial charge in [-0.1, -0.05) is 25.5 Å². The molecule has 1 aliphatic carbocycles. The maximum atomic E-state index is 8.97. The molecule has 0 aromatic rings. The van der Waals surface area contributed by atoms with Crippen LogP contribution in [0, 0.1) is 17.2 Å². The zero-order chi connectivity index (χ0) is 13.4. The molecule has 3 heteroatoms. The monoisotopic (exact) mass is 247 g/mol. The first-order valence-corrected chi connectivity index (χ1v) is 6.78. The maximum absolute atomic E-state index is 8.97. The zero-order valence-corrected chi connectivity index (χ0v) is 11.4. The van der Waals surface area contributed by atoms with Crippen LogP contribution in [-0.2, 0) is 0 Å². The summed E-state index contributed by atoms with van der Waals surface area (Å²) in [5.74, 6) is 0.566. The fourth-order valence-corrected chi connectivity index (χ4v) is 2.51. The number of nitrogens with zero attached hydrogens (tertiary/aromatic N) is 2. The number of hydrogen-bond acceptors (Lipinski definition) is 3. The molecule has 2 rings (SSSR count). The molecule has 2 atom stereocenters. The van der Waals surface area contributed by atoms with Gasteiger partial charge < -0.3 is 5.73 Å². The summed E-state index contributed by atoms with van der Waals surface area (Å²) in [6.45, 7) is 4.00. The van der Waals surface area contributed by atoms with Crippen molar-refractivity contribution in [2.24, 2.45) is 16.6 Å². The molecule has 2 aliphatic rings. The predicted octanol–water partition coefficient (Wildman–Crippen LogP) is 3.58. The first-order chi connectivity index (χ1) is 8.72. The maximum Gasteiger partial charge on any atom is 0.104 e. The van der Waals surface area contributed by atoms with E-state index in [4.69, 9.17) is 11.0 Å². The fourth-order valence-electron chi connectivity index (χ4n) is 2.51. The second kappa shape index (κ2) is 7.13. The van der Waals surface area contributed by atoms with Gasteiger partial charge in [0.05, 0.1) is 6.07 Å². The molecule has 3 nitrogen and oxygen atoms in total. The van der Waals surface area contributed by atoms with Crippen molar-refractivity contribution in [3.05, 3.63) is 23.9 Å². The Morgan fingerprint density at radius 1 is 1.61 bits per heavy atom. The molecule has 0 amide bonds. The molecule has 0 saturated heterocycles.